The van der Waals surface area contributed by atoms with E-state index in [0.29, 0.717) is 0 Å². The zero-order valence-corrected chi connectivity index (χ0v) is 10.6. The lowest BCUT2D eigenvalue weighted by Crippen LogP contribution is -2.01. The van der Waals surface area contributed by atoms with Crippen molar-refractivity contribution in [1.29, 1.82) is 0 Å². The minimum atomic E-state index is 0.762. The Kier molecular flexibility index (Phi) is 3.12. The summed E-state index contributed by atoms with van der Waals surface area (Å²) < 4.78 is 3.06. The minimum absolute atomic E-state index is 0.762. The monoisotopic (exact) mass is 284 g/mol. The first-order valence-electron chi connectivity index (χ1n) is 4.58. The molecule has 0 amide bonds. The van der Waals surface area contributed by atoms with E-state index >= 15 is 0 Å². The average Bonchev–Trinajstić information content (AvgIpc) is 2.57. The zero-order valence-electron chi connectivity index (χ0n) is 8.24. The number of aryl methyl sites for hydroxylation is 1. The van der Waals surface area contributed by atoms with Crippen molar-refractivity contribution in [3.8, 4) is 0 Å². The normalized spacial score (nSPS) is 10.6. The van der Waals surface area contributed by atoms with Crippen molar-refractivity contribution in [2.75, 3.05) is 0 Å². The van der Waals surface area contributed by atoms with Gasteiger partial charge in [0.1, 0.15) is 5.82 Å². The number of hydrogen-bond acceptors (Lipinski definition) is 1. The highest BCUT2D eigenvalue weighted by Gasteiger charge is 2.03. The third kappa shape index (κ3) is 2.41. The van der Waals surface area contributed by atoms with E-state index in [1.165, 1.54) is 0 Å². The van der Waals surface area contributed by atoms with Crippen LogP contribution < -0.4 is 0 Å². The van der Waals surface area contributed by atoms with Crippen LogP contribution in [0, 0.1) is 6.92 Å². The highest BCUT2D eigenvalue weighted by atomic mass is 79.9. The van der Waals surface area contributed by atoms with Crippen molar-refractivity contribution < 1.29 is 0 Å². The molecule has 1 aromatic carbocycles. The van der Waals surface area contributed by atoms with Gasteiger partial charge in [-0.1, -0.05) is 33.6 Å². The van der Waals surface area contributed by atoms with Crippen molar-refractivity contribution in [2.24, 2.45) is 0 Å². The Morgan fingerprint density at radius 1 is 1.47 bits per heavy atom. The van der Waals surface area contributed by atoms with Crippen molar-refractivity contribution in [3.63, 3.8) is 0 Å². The lowest BCUT2D eigenvalue weighted by atomic mass is 10.2. The molecule has 2 rings (SSSR count). The summed E-state index contributed by atoms with van der Waals surface area (Å²) in [6, 6.07) is 5.92. The van der Waals surface area contributed by atoms with E-state index in [2.05, 4.69) is 25.5 Å². The predicted octanol–water partition coefficient (Wildman–Crippen LogP) is 3.66. The molecule has 4 heteroatoms. The molecule has 2 aromatic rings. The van der Waals surface area contributed by atoms with Crippen LogP contribution in [0.1, 0.15) is 11.4 Å². The van der Waals surface area contributed by atoms with Crippen LogP contribution in [0.2, 0.25) is 5.02 Å². The maximum atomic E-state index is 6.14. The molecule has 2 nitrogen and oxygen atoms in total. The summed E-state index contributed by atoms with van der Waals surface area (Å²) in [6.45, 7) is 2.74. The fraction of sp³-hybridized carbons (Fsp3) is 0.182. The van der Waals surface area contributed by atoms with Crippen LogP contribution in [-0.4, -0.2) is 9.55 Å². The van der Waals surface area contributed by atoms with Crippen LogP contribution in [0.15, 0.2) is 35.1 Å². The van der Waals surface area contributed by atoms with Gasteiger partial charge in [0.05, 0.1) is 6.54 Å². The van der Waals surface area contributed by atoms with Gasteiger partial charge in [0.25, 0.3) is 0 Å². The summed E-state index contributed by atoms with van der Waals surface area (Å²) in [7, 11) is 0. The number of hydrogen-bond donors (Lipinski definition) is 0. The number of imidazole rings is 1. The molecular formula is C11H10BrClN2. The summed E-state index contributed by atoms with van der Waals surface area (Å²) >= 11 is 9.52. The third-order valence-corrected chi connectivity index (χ3v) is 3.12. The quantitative estimate of drug-likeness (QED) is 0.823. The van der Waals surface area contributed by atoms with Gasteiger partial charge in [0, 0.05) is 21.9 Å². The van der Waals surface area contributed by atoms with Gasteiger partial charge in [0.15, 0.2) is 0 Å². The number of benzene rings is 1. The summed E-state index contributed by atoms with van der Waals surface area (Å²) in [4.78, 5) is 4.17. The molecule has 0 atom stereocenters. The minimum Gasteiger partial charge on any atom is -0.331 e. The molecule has 0 aliphatic rings. The molecule has 0 unspecified atom stereocenters. The van der Waals surface area contributed by atoms with Gasteiger partial charge >= 0.3 is 0 Å². The molecule has 0 spiro atoms. The molecule has 0 saturated carbocycles. The maximum Gasteiger partial charge on any atom is 0.105 e. The molecule has 15 heavy (non-hydrogen) atoms. The Morgan fingerprint density at radius 3 is 2.87 bits per heavy atom. The number of aromatic nitrogens is 2. The molecule has 0 fully saturated rings. The first-order valence-corrected chi connectivity index (χ1v) is 5.75. The second-order valence-electron chi connectivity index (χ2n) is 3.34. The fourth-order valence-corrected chi connectivity index (χ4v) is 2.14. The highest BCUT2D eigenvalue weighted by molar-refractivity contribution is 9.10. The second-order valence-corrected chi connectivity index (χ2v) is 4.66. The van der Waals surface area contributed by atoms with Gasteiger partial charge in [-0.25, -0.2) is 4.98 Å². The SMILES string of the molecule is Cc1nccn1Cc1ccc(Br)cc1Cl. The molecule has 0 aliphatic carbocycles. The molecule has 0 N–H and O–H groups in total. The van der Waals surface area contributed by atoms with Crippen LogP contribution in [0.5, 0.6) is 0 Å². The lowest BCUT2D eigenvalue weighted by molar-refractivity contribution is 0.762. The number of halogens is 2. The van der Waals surface area contributed by atoms with Crippen molar-refractivity contribution in [3.05, 3.63) is 51.5 Å². The van der Waals surface area contributed by atoms with E-state index in [1.54, 1.807) is 6.20 Å². The van der Waals surface area contributed by atoms with Crippen molar-refractivity contribution >= 4 is 27.5 Å². The van der Waals surface area contributed by atoms with Gasteiger partial charge in [-0.2, -0.15) is 0 Å². The zero-order chi connectivity index (χ0) is 10.8. The third-order valence-electron chi connectivity index (χ3n) is 2.28. The fourth-order valence-electron chi connectivity index (χ4n) is 1.40. The molecule has 0 radical (unpaired) electrons. The molecule has 0 aliphatic heterocycles. The van der Waals surface area contributed by atoms with E-state index < -0.39 is 0 Å². The summed E-state index contributed by atoms with van der Waals surface area (Å²) in [5.41, 5.74) is 1.10. The van der Waals surface area contributed by atoms with E-state index in [9.17, 15) is 0 Å². The van der Waals surface area contributed by atoms with Crippen molar-refractivity contribution in [1.82, 2.24) is 9.55 Å². The largest absolute Gasteiger partial charge is 0.331 e. The Labute approximate surface area is 102 Å². The number of nitrogens with zero attached hydrogens (tertiary/aromatic N) is 2. The van der Waals surface area contributed by atoms with E-state index in [1.807, 2.05) is 31.3 Å². The molecule has 1 aromatic heterocycles. The van der Waals surface area contributed by atoms with E-state index in [-0.39, 0.29) is 0 Å². The maximum absolute atomic E-state index is 6.14. The van der Waals surface area contributed by atoms with E-state index in [0.717, 1.165) is 27.4 Å². The highest BCUT2D eigenvalue weighted by Crippen LogP contribution is 2.22. The second kappa shape index (κ2) is 4.37. The van der Waals surface area contributed by atoms with Gasteiger partial charge < -0.3 is 4.57 Å². The van der Waals surface area contributed by atoms with Crippen LogP contribution in [-0.2, 0) is 6.54 Å². The molecule has 0 bridgehead atoms. The predicted molar refractivity (Wildman–Crippen MR) is 65.2 cm³/mol. The Balaban J connectivity index is 2.29. The first-order chi connectivity index (χ1) is 7.16. The van der Waals surface area contributed by atoms with Crippen LogP contribution in [0.4, 0.5) is 0 Å². The van der Waals surface area contributed by atoms with E-state index in [4.69, 9.17) is 11.6 Å². The molecule has 0 saturated heterocycles. The molecular weight excluding hydrogens is 275 g/mol. The summed E-state index contributed by atoms with van der Waals surface area (Å²) in [6.07, 6.45) is 3.75. The van der Waals surface area contributed by atoms with Gasteiger partial charge in [-0.05, 0) is 24.6 Å². The van der Waals surface area contributed by atoms with Crippen LogP contribution >= 0.6 is 27.5 Å². The molecule has 78 valence electrons. The Hall–Kier alpha value is -0.800. The topological polar surface area (TPSA) is 17.8 Å². The lowest BCUT2D eigenvalue weighted by Gasteiger charge is -2.07. The smallest absolute Gasteiger partial charge is 0.105 e. The van der Waals surface area contributed by atoms with Gasteiger partial charge in [0.2, 0.25) is 0 Å². The van der Waals surface area contributed by atoms with Gasteiger partial charge in [-0.3, -0.25) is 0 Å². The average molecular weight is 286 g/mol. The Bertz CT molecular complexity index is 479. The standard InChI is InChI=1S/C11H10BrClN2/c1-8-14-4-5-15(8)7-9-2-3-10(12)6-11(9)13/h2-6H,7H2,1H3. The van der Waals surface area contributed by atoms with Crippen LogP contribution in [0.25, 0.3) is 0 Å². The number of rotatable bonds is 2. The summed E-state index contributed by atoms with van der Waals surface area (Å²) in [5, 5.41) is 0.775. The van der Waals surface area contributed by atoms with Crippen LogP contribution in [0.3, 0.4) is 0 Å². The Morgan fingerprint density at radius 2 is 2.27 bits per heavy atom. The molecule has 1 heterocycles. The van der Waals surface area contributed by atoms with Crippen molar-refractivity contribution in [2.45, 2.75) is 13.5 Å². The first kappa shape index (κ1) is 10.7. The van der Waals surface area contributed by atoms with Gasteiger partial charge in [-0.15, -0.1) is 0 Å². The summed E-state index contributed by atoms with van der Waals surface area (Å²) in [5.74, 6) is 0.994.